The summed E-state index contributed by atoms with van der Waals surface area (Å²) < 4.78 is 5.26. The Balaban J connectivity index is 0.000000771. The van der Waals surface area contributed by atoms with Gasteiger partial charge < -0.3 is 14.5 Å². The number of benzene rings is 1. The van der Waals surface area contributed by atoms with E-state index in [1.54, 1.807) is 17.0 Å². The average Bonchev–Trinajstić information content (AvgIpc) is 2.43. The molecule has 1 aliphatic heterocycles. The number of para-hydroxylation sites is 1. The van der Waals surface area contributed by atoms with Crippen LogP contribution in [0.1, 0.15) is 13.8 Å². The van der Waals surface area contributed by atoms with Gasteiger partial charge in [0.2, 0.25) is 0 Å². The van der Waals surface area contributed by atoms with E-state index >= 15 is 0 Å². The minimum absolute atomic E-state index is 0.251. The predicted molar refractivity (Wildman–Crippen MR) is 72.9 cm³/mol. The first-order chi connectivity index (χ1) is 8.75. The van der Waals surface area contributed by atoms with Crippen molar-refractivity contribution in [3.63, 3.8) is 0 Å². The van der Waals surface area contributed by atoms with E-state index in [-0.39, 0.29) is 6.09 Å². The predicted octanol–water partition coefficient (Wildman–Crippen LogP) is 2.46. The zero-order chi connectivity index (χ0) is 13.4. The first-order valence-electron chi connectivity index (χ1n) is 6.46. The molecule has 0 atom stereocenters. The smallest absolute Gasteiger partial charge is 0.410 e. The molecule has 0 radical (unpaired) electrons. The number of amides is 1. The van der Waals surface area contributed by atoms with Crippen LogP contribution in [0.3, 0.4) is 0 Å². The van der Waals surface area contributed by atoms with Crippen molar-refractivity contribution < 1.29 is 9.53 Å². The van der Waals surface area contributed by atoms with E-state index in [9.17, 15) is 4.79 Å². The molecule has 1 saturated heterocycles. The molecule has 0 spiro atoms. The topological polar surface area (TPSA) is 32.8 Å². The molecule has 2 rings (SSSR count). The lowest BCUT2D eigenvalue weighted by Gasteiger charge is -2.31. The summed E-state index contributed by atoms with van der Waals surface area (Å²) in [7, 11) is 2.06. The average molecular weight is 250 g/mol. The maximum absolute atomic E-state index is 11.8. The number of hydrogen-bond acceptors (Lipinski definition) is 3. The summed E-state index contributed by atoms with van der Waals surface area (Å²) in [5, 5.41) is 0. The fourth-order valence-corrected chi connectivity index (χ4v) is 1.64. The molecule has 18 heavy (non-hydrogen) atoms. The minimum atomic E-state index is -0.251. The van der Waals surface area contributed by atoms with Gasteiger partial charge in [0.05, 0.1) is 0 Å². The van der Waals surface area contributed by atoms with E-state index < -0.39 is 0 Å². The Morgan fingerprint density at radius 1 is 1.06 bits per heavy atom. The lowest BCUT2D eigenvalue weighted by atomic mass is 10.3. The van der Waals surface area contributed by atoms with Gasteiger partial charge in [-0.05, 0) is 19.2 Å². The van der Waals surface area contributed by atoms with Crippen LogP contribution in [0.25, 0.3) is 0 Å². The molecule has 100 valence electrons. The van der Waals surface area contributed by atoms with Gasteiger partial charge in [-0.3, -0.25) is 0 Å². The summed E-state index contributed by atoms with van der Waals surface area (Å²) >= 11 is 0. The number of rotatable bonds is 1. The Hall–Kier alpha value is -1.55. The van der Waals surface area contributed by atoms with Crippen molar-refractivity contribution in [2.24, 2.45) is 0 Å². The molecule has 1 aliphatic rings. The summed E-state index contributed by atoms with van der Waals surface area (Å²) in [4.78, 5) is 15.7. The van der Waals surface area contributed by atoms with Crippen LogP contribution < -0.4 is 4.74 Å². The molecule has 0 saturated carbocycles. The van der Waals surface area contributed by atoms with Crippen molar-refractivity contribution in [2.45, 2.75) is 13.8 Å². The second kappa shape index (κ2) is 7.71. The maximum Gasteiger partial charge on any atom is 0.415 e. The van der Waals surface area contributed by atoms with Crippen molar-refractivity contribution in [3.8, 4) is 5.75 Å². The van der Waals surface area contributed by atoms with Crippen LogP contribution in [0.5, 0.6) is 5.75 Å². The number of hydrogen-bond donors (Lipinski definition) is 0. The van der Waals surface area contributed by atoms with E-state index in [1.165, 1.54) is 0 Å². The first kappa shape index (κ1) is 14.5. The molecule has 4 heteroatoms. The quantitative estimate of drug-likeness (QED) is 0.767. The Labute approximate surface area is 109 Å². The Kier molecular flexibility index (Phi) is 6.22. The lowest BCUT2D eigenvalue weighted by molar-refractivity contribution is 0.120. The van der Waals surface area contributed by atoms with Crippen molar-refractivity contribution >= 4 is 6.09 Å². The maximum atomic E-state index is 11.8. The number of ether oxygens (including phenoxy) is 1. The molecule has 1 fully saturated rings. The van der Waals surface area contributed by atoms with Gasteiger partial charge in [-0.25, -0.2) is 4.79 Å². The number of carbonyl (C=O) groups excluding carboxylic acids is 1. The van der Waals surface area contributed by atoms with Crippen molar-refractivity contribution in [3.05, 3.63) is 30.3 Å². The van der Waals surface area contributed by atoms with E-state index in [4.69, 9.17) is 4.74 Å². The second-order valence-corrected chi connectivity index (χ2v) is 3.97. The van der Waals surface area contributed by atoms with Crippen LogP contribution in [0, 0.1) is 0 Å². The molecule has 1 aromatic rings. The first-order valence-corrected chi connectivity index (χ1v) is 6.46. The Morgan fingerprint density at radius 2 is 1.61 bits per heavy atom. The molecule has 0 N–H and O–H groups in total. The highest BCUT2D eigenvalue weighted by molar-refractivity contribution is 5.70. The van der Waals surface area contributed by atoms with Gasteiger partial charge in [0.25, 0.3) is 0 Å². The molecule has 0 aromatic heterocycles. The summed E-state index contributed by atoms with van der Waals surface area (Å²) in [6.07, 6.45) is -0.251. The molecular weight excluding hydrogens is 228 g/mol. The van der Waals surface area contributed by atoms with Crippen LogP contribution >= 0.6 is 0 Å². The Bertz CT molecular complexity index is 346. The van der Waals surface area contributed by atoms with Crippen LogP contribution in [0.15, 0.2) is 30.3 Å². The standard InChI is InChI=1S/C12H16N2O2.C2H6/c1-13-7-9-14(10-8-13)12(15)16-11-5-3-2-4-6-11;1-2/h2-6H,7-10H2,1H3;1-2H3. The van der Waals surface area contributed by atoms with Crippen molar-refractivity contribution in [2.75, 3.05) is 33.2 Å². The summed E-state index contributed by atoms with van der Waals surface area (Å²) in [6, 6.07) is 9.17. The molecule has 1 aromatic carbocycles. The molecule has 0 aliphatic carbocycles. The summed E-state index contributed by atoms with van der Waals surface area (Å²) in [5.41, 5.74) is 0. The van der Waals surface area contributed by atoms with Gasteiger partial charge in [-0.1, -0.05) is 32.0 Å². The van der Waals surface area contributed by atoms with Crippen LogP contribution in [0.2, 0.25) is 0 Å². The SMILES string of the molecule is CC.CN1CCN(C(=O)Oc2ccccc2)CC1. The van der Waals surface area contributed by atoms with Gasteiger partial charge in [-0.15, -0.1) is 0 Å². The number of carbonyl (C=O) groups is 1. The lowest BCUT2D eigenvalue weighted by Crippen LogP contribution is -2.48. The van der Waals surface area contributed by atoms with E-state index in [2.05, 4.69) is 11.9 Å². The third-order valence-corrected chi connectivity index (χ3v) is 2.71. The molecule has 4 nitrogen and oxygen atoms in total. The zero-order valence-electron chi connectivity index (χ0n) is 11.4. The van der Waals surface area contributed by atoms with Crippen molar-refractivity contribution in [1.82, 2.24) is 9.80 Å². The summed E-state index contributed by atoms with van der Waals surface area (Å²) in [6.45, 7) is 7.29. The van der Waals surface area contributed by atoms with Crippen molar-refractivity contribution in [1.29, 1.82) is 0 Å². The van der Waals surface area contributed by atoms with Gasteiger partial charge in [0.1, 0.15) is 5.75 Å². The third-order valence-electron chi connectivity index (χ3n) is 2.71. The van der Waals surface area contributed by atoms with E-state index in [0.29, 0.717) is 5.75 Å². The normalized spacial score (nSPS) is 15.6. The minimum Gasteiger partial charge on any atom is -0.410 e. The van der Waals surface area contributed by atoms with E-state index in [1.807, 2.05) is 32.0 Å². The monoisotopic (exact) mass is 250 g/mol. The third kappa shape index (κ3) is 4.37. The highest BCUT2D eigenvalue weighted by atomic mass is 16.6. The van der Waals surface area contributed by atoms with Crippen LogP contribution in [0.4, 0.5) is 4.79 Å². The van der Waals surface area contributed by atoms with Crippen LogP contribution in [-0.2, 0) is 0 Å². The fourth-order valence-electron chi connectivity index (χ4n) is 1.64. The number of nitrogens with zero attached hydrogens (tertiary/aromatic N) is 2. The van der Waals surface area contributed by atoms with Gasteiger partial charge in [-0.2, -0.15) is 0 Å². The highest BCUT2D eigenvalue weighted by Gasteiger charge is 2.20. The zero-order valence-corrected chi connectivity index (χ0v) is 11.4. The molecular formula is C14H22N2O2. The fraction of sp³-hybridized carbons (Fsp3) is 0.500. The highest BCUT2D eigenvalue weighted by Crippen LogP contribution is 2.11. The van der Waals surface area contributed by atoms with Gasteiger partial charge in [0, 0.05) is 26.2 Å². The van der Waals surface area contributed by atoms with E-state index in [0.717, 1.165) is 26.2 Å². The van der Waals surface area contributed by atoms with Crippen LogP contribution in [-0.4, -0.2) is 49.1 Å². The number of piperazine rings is 1. The largest absolute Gasteiger partial charge is 0.415 e. The molecule has 0 bridgehead atoms. The molecule has 1 amide bonds. The molecule has 0 unspecified atom stereocenters. The van der Waals surface area contributed by atoms with Gasteiger partial charge >= 0.3 is 6.09 Å². The van der Waals surface area contributed by atoms with Gasteiger partial charge in [0.15, 0.2) is 0 Å². The Morgan fingerprint density at radius 3 is 2.17 bits per heavy atom. The second-order valence-electron chi connectivity index (χ2n) is 3.97. The summed E-state index contributed by atoms with van der Waals surface area (Å²) in [5.74, 6) is 0.603. The molecule has 1 heterocycles. The number of likely N-dealkylation sites (N-methyl/N-ethyl adjacent to an activating group) is 1.